The van der Waals surface area contributed by atoms with Crippen LogP contribution in [-0.4, -0.2) is 38.9 Å². The Balaban J connectivity index is 1.69. The Bertz CT molecular complexity index is 578. The number of halogens is 1. The van der Waals surface area contributed by atoms with Gasteiger partial charge in [0.1, 0.15) is 0 Å². The van der Waals surface area contributed by atoms with Crippen molar-refractivity contribution < 1.29 is 13.9 Å². The molecule has 3 rings (SSSR count). The van der Waals surface area contributed by atoms with Crippen molar-refractivity contribution in [3.63, 3.8) is 0 Å². The number of β-amino-alcohol motifs (C(OH)–C–C–N with tert-alkyl or cyclic N) is 1. The zero-order chi connectivity index (χ0) is 13.5. The first-order valence-electron chi connectivity index (χ1n) is 6.05. The standard InChI is InChI=1S/C12H14BrN3O3/c1-12(17)4-5-16(7-12)6-10-14-15-11(19-10)8-2-3-9(13)18-8/h2-3,17H,4-7H2,1H3. The molecule has 102 valence electrons. The Morgan fingerprint density at radius 2 is 2.26 bits per heavy atom. The van der Waals surface area contributed by atoms with E-state index < -0.39 is 5.60 Å². The molecule has 1 atom stereocenters. The molecule has 1 N–H and O–H groups in total. The minimum absolute atomic E-state index is 0.367. The van der Waals surface area contributed by atoms with E-state index in [1.165, 1.54) is 0 Å². The summed E-state index contributed by atoms with van der Waals surface area (Å²) in [5.41, 5.74) is -0.616. The Kier molecular flexibility index (Phi) is 3.20. The predicted molar refractivity (Wildman–Crippen MR) is 70.2 cm³/mol. The molecule has 0 amide bonds. The van der Waals surface area contributed by atoms with E-state index >= 15 is 0 Å². The summed E-state index contributed by atoms with van der Waals surface area (Å²) in [4.78, 5) is 2.09. The second-order valence-corrected chi connectivity index (χ2v) is 5.84. The normalized spacial score (nSPS) is 24.2. The van der Waals surface area contributed by atoms with Gasteiger partial charge in [0.15, 0.2) is 10.4 Å². The largest absolute Gasteiger partial charge is 0.444 e. The number of rotatable bonds is 3. The molecule has 1 saturated heterocycles. The Morgan fingerprint density at radius 1 is 1.42 bits per heavy atom. The average molecular weight is 328 g/mol. The van der Waals surface area contributed by atoms with E-state index in [1.54, 1.807) is 12.1 Å². The van der Waals surface area contributed by atoms with E-state index in [-0.39, 0.29) is 0 Å². The molecule has 1 unspecified atom stereocenters. The number of nitrogens with zero attached hydrogens (tertiary/aromatic N) is 3. The Morgan fingerprint density at radius 3 is 2.89 bits per heavy atom. The topological polar surface area (TPSA) is 75.5 Å². The smallest absolute Gasteiger partial charge is 0.283 e. The van der Waals surface area contributed by atoms with Gasteiger partial charge >= 0.3 is 0 Å². The first-order valence-corrected chi connectivity index (χ1v) is 6.84. The van der Waals surface area contributed by atoms with E-state index in [4.69, 9.17) is 8.83 Å². The number of aliphatic hydroxyl groups is 1. The maximum absolute atomic E-state index is 9.90. The summed E-state index contributed by atoms with van der Waals surface area (Å²) in [6.07, 6.45) is 0.763. The van der Waals surface area contributed by atoms with E-state index in [2.05, 4.69) is 31.0 Å². The first-order chi connectivity index (χ1) is 9.02. The van der Waals surface area contributed by atoms with Crippen molar-refractivity contribution in [3.05, 3.63) is 22.7 Å². The highest BCUT2D eigenvalue weighted by Gasteiger charge is 2.32. The van der Waals surface area contributed by atoms with E-state index in [1.807, 2.05) is 6.92 Å². The molecule has 2 aromatic heterocycles. The Hall–Kier alpha value is -1.18. The summed E-state index contributed by atoms with van der Waals surface area (Å²) in [5, 5.41) is 17.9. The predicted octanol–water partition coefficient (Wildman–Crippen LogP) is 2.05. The van der Waals surface area contributed by atoms with Crippen LogP contribution < -0.4 is 0 Å². The van der Waals surface area contributed by atoms with E-state index in [9.17, 15) is 5.11 Å². The fourth-order valence-corrected chi connectivity index (χ4v) is 2.52. The molecule has 0 radical (unpaired) electrons. The van der Waals surface area contributed by atoms with Gasteiger partial charge in [-0.15, -0.1) is 10.2 Å². The van der Waals surface area contributed by atoms with E-state index in [0.717, 1.165) is 13.0 Å². The Labute approximate surface area is 118 Å². The molecule has 7 heteroatoms. The van der Waals surface area contributed by atoms with Crippen LogP contribution in [0.3, 0.4) is 0 Å². The van der Waals surface area contributed by atoms with Crippen molar-refractivity contribution in [2.75, 3.05) is 13.1 Å². The van der Waals surface area contributed by atoms with Gasteiger partial charge in [0, 0.05) is 13.1 Å². The lowest BCUT2D eigenvalue weighted by Gasteiger charge is -2.16. The van der Waals surface area contributed by atoms with Gasteiger partial charge in [0.25, 0.3) is 5.89 Å². The molecule has 2 aromatic rings. The lowest BCUT2D eigenvalue weighted by Crippen LogP contribution is -2.29. The first kappa shape index (κ1) is 12.8. The molecule has 0 saturated carbocycles. The highest BCUT2D eigenvalue weighted by molar-refractivity contribution is 9.10. The highest BCUT2D eigenvalue weighted by Crippen LogP contribution is 2.25. The number of furan rings is 1. The molecule has 0 spiro atoms. The molecular weight excluding hydrogens is 314 g/mol. The highest BCUT2D eigenvalue weighted by atomic mass is 79.9. The van der Waals surface area contributed by atoms with Crippen molar-refractivity contribution in [3.8, 4) is 11.7 Å². The second-order valence-electron chi connectivity index (χ2n) is 5.06. The number of aromatic nitrogens is 2. The number of hydrogen-bond acceptors (Lipinski definition) is 6. The quantitative estimate of drug-likeness (QED) is 0.929. The van der Waals surface area contributed by atoms with Gasteiger partial charge in [-0.05, 0) is 41.4 Å². The van der Waals surface area contributed by atoms with Crippen molar-refractivity contribution in [1.82, 2.24) is 15.1 Å². The molecule has 6 nitrogen and oxygen atoms in total. The van der Waals surface area contributed by atoms with Crippen LogP contribution in [0.1, 0.15) is 19.2 Å². The zero-order valence-corrected chi connectivity index (χ0v) is 12.1. The fraction of sp³-hybridized carbons (Fsp3) is 0.500. The molecule has 0 aromatic carbocycles. The molecule has 1 fully saturated rings. The summed E-state index contributed by atoms with van der Waals surface area (Å²) >= 11 is 3.23. The monoisotopic (exact) mass is 327 g/mol. The molecule has 1 aliphatic heterocycles. The van der Waals surface area contributed by atoms with Gasteiger partial charge in [-0.3, -0.25) is 4.90 Å². The van der Waals surface area contributed by atoms with E-state index in [0.29, 0.717) is 35.3 Å². The number of hydrogen-bond donors (Lipinski definition) is 1. The molecule has 3 heterocycles. The van der Waals surface area contributed by atoms with Crippen LogP contribution in [0.25, 0.3) is 11.7 Å². The van der Waals surface area contributed by atoms with Crippen LogP contribution in [0.2, 0.25) is 0 Å². The van der Waals surface area contributed by atoms with Gasteiger partial charge in [0.2, 0.25) is 5.89 Å². The third-order valence-electron chi connectivity index (χ3n) is 3.14. The van der Waals surface area contributed by atoms with Gasteiger partial charge in [-0.25, -0.2) is 0 Å². The van der Waals surface area contributed by atoms with Gasteiger partial charge in [-0.1, -0.05) is 0 Å². The molecule has 0 aliphatic carbocycles. The molecule has 0 bridgehead atoms. The summed E-state index contributed by atoms with van der Waals surface area (Å²) in [6, 6.07) is 3.54. The van der Waals surface area contributed by atoms with Crippen LogP contribution in [0, 0.1) is 0 Å². The van der Waals surface area contributed by atoms with Crippen molar-refractivity contribution in [2.45, 2.75) is 25.5 Å². The lowest BCUT2D eigenvalue weighted by molar-refractivity contribution is 0.0668. The third-order valence-corrected chi connectivity index (χ3v) is 3.57. The van der Waals surface area contributed by atoms with Gasteiger partial charge in [0.05, 0.1) is 12.1 Å². The lowest BCUT2D eigenvalue weighted by atomic mass is 10.1. The second kappa shape index (κ2) is 4.73. The number of likely N-dealkylation sites (tertiary alicyclic amines) is 1. The maximum Gasteiger partial charge on any atom is 0.283 e. The SMILES string of the molecule is CC1(O)CCN(Cc2nnc(-c3ccc(Br)o3)o2)C1. The van der Waals surface area contributed by atoms with Gasteiger partial charge in [-0.2, -0.15) is 0 Å². The van der Waals surface area contributed by atoms with Crippen LogP contribution in [0.5, 0.6) is 0 Å². The molecule has 19 heavy (non-hydrogen) atoms. The summed E-state index contributed by atoms with van der Waals surface area (Å²) in [6.45, 7) is 3.84. The molecule has 1 aliphatic rings. The van der Waals surface area contributed by atoms with Crippen LogP contribution in [0.15, 0.2) is 25.6 Å². The fourth-order valence-electron chi connectivity index (χ4n) is 2.21. The minimum atomic E-state index is -0.616. The van der Waals surface area contributed by atoms with Gasteiger partial charge < -0.3 is 13.9 Å². The van der Waals surface area contributed by atoms with Crippen LogP contribution in [-0.2, 0) is 6.54 Å². The summed E-state index contributed by atoms with van der Waals surface area (Å²) in [7, 11) is 0. The zero-order valence-electron chi connectivity index (χ0n) is 10.5. The summed E-state index contributed by atoms with van der Waals surface area (Å²) < 4.78 is 11.5. The third kappa shape index (κ3) is 2.88. The molecular formula is C12H14BrN3O3. The van der Waals surface area contributed by atoms with Crippen LogP contribution in [0.4, 0.5) is 0 Å². The van der Waals surface area contributed by atoms with Crippen molar-refractivity contribution >= 4 is 15.9 Å². The average Bonchev–Trinajstić information content (AvgIpc) is 3.00. The van der Waals surface area contributed by atoms with Crippen molar-refractivity contribution in [1.29, 1.82) is 0 Å². The van der Waals surface area contributed by atoms with Crippen LogP contribution >= 0.6 is 15.9 Å². The maximum atomic E-state index is 9.90. The van der Waals surface area contributed by atoms with Crippen molar-refractivity contribution in [2.24, 2.45) is 0 Å². The summed E-state index contributed by atoms with van der Waals surface area (Å²) in [5.74, 6) is 1.44. The minimum Gasteiger partial charge on any atom is -0.444 e.